The van der Waals surface area contributed by atoms with Crippen molar-refractivity contribution in [2.75, 3.05) is 0 Å². The largest absolute Gasteiger partial charge is 0.457 e. The average Bonchev–Trinajstić information content (AvgIpc) is 3.23. The topological polar surface area (TPSA) is 51.8 Å². The van der Waals surface area contributed by atoms with Crippen molar-refractivity contribution in [3.05, 3.63) is 86.7 Å². The summed E-state index contributed by atoms with van der Waals surface area (Å²) >= 11 is 18.0. The number of cyclic esters (lactones) is 1. The fourth-order valence-corrected chi connectivity index (χ4v) is 3.15. The third-order valence-corrected chi connectivity index (χ3v) is 4.61. The fraction of sp³-hybridized carbons (Fsp3) is 0. The number of aliphatic imine (C=N–C) groups is 1. The van der Waals surface area contributed by atoms with Crippen LogP contribution in [0.4, 0.5) is 0 Å². The van der Waals surface area contributed by atoms with Crippen molar-refractivity contribution in [3.8, 4) is 11.3 Å². The van der Waals surface area contributed by atoms with E-state index in [0.29, 0.717) is 37.7 Å². The van der Waals surface area contributed by atoms with E-state index in [-0.39, 0.29) is 11.6 Å². The predicted molar refractivity (Wildman–Crippen MR) is 106 cm³/mol. The number of rotatable bonds is 3. The van der Waals surface area contributed by atoms with Crippen LogP contribution in [-0.4, -0.2) is 11.9 Å². The first-order valence-electron chi connectivity index (χ1n) is 7.83. The molecule has 2 aromatic carbocycles. The predicted octanol–water partition coefficient (Wildman–Crippen LogP) is 6.25. The number of hydrogen-bond donors (Lipinski definition) is 0. The minimum atomic E-state index is -0.553. The van der Waals surface area contributed by atoms with Gasteiger partial charge < -0.3 is 9.15 Å². The van der Waals surface area contributed by atoms with E-state index in [4.69, 9.17) is 44.0 Å². The molecular weight excluding hydrogens is 409 g/mol. The van der Waals surface area contributed by atoms with Gasteiger partial charge in [-0.25, -0.2) is 9.79 Å². The van der Waals surface area contributed by atoms with Gasteiger partial charge in [-0.3, -0.25) is 0 Å². The monoisotopic (exact) mass is 417 g/mol. The Labute approximate surface area is 169 Å². The normalized spacial score (nSPS) is 15.1. The zero-order valence-electron chi connectivity index (χ0n) is 13.6. The number of carbonyl (C=O) groups is 1. The summed E-state index contributed by atoms with van der Waals surface area (Å²) in [5, 5.41) is 1.60. The van der Waals surface area contributed by atoms with Gasteiger partial charge in [-0.2, -0.15) is 0 Å². The van der Waals surface area contributed by atoms with Crippen LogP contribution in [0.1, 0.15) is 11.3 Å². The molecule has 0 amide bonds. The van der Waals surface area contributed by atoms with E-state index < -0.39 is 5.97 Å². The van der Waals surface area contributed by atoms with Crippen LogP contribution in [0.2, 0.25) is 15.1 Å². The van der Waals surface area contributed by atoms with E-state index in [2.05, 4.69) is 4.99 Å². The van der Waals surface area contributed by atoms with Gasteiger partial charge in [0.2, 0.25) is 5.90 Å². The number of furan rings is 1. The maximum atomic E-state index is 12.1. The van der Waals surface area contributed by atoms with Crippen LogP contribution >= 0.6 is 34.8 Å². The highest BCUT2D eigenvalue weighted by Crippen LogP contribution is 2.32. The van der Waals surface area contributed by atoms with Gasteiger partial charge in [0.05, 0.1) is 5.02 Å². The molecule has 4 rings (SSSR count). The Morgan fingerprint density at radius 3 is 2.37 bits per heavy atom. The van der Waals surface area contributed by atoms with E-state index in [1.54, 1.807) is 54.6 Å². The van der Waals surface area contributed by atoms with Crippen molar-refractivity contribution >= 4 is 52.7 Å². The van der Waals surface area contributed by atoms with Crippen molar-refractivity contribution in [2.45, 2.75) is 0 Å². The number of carbonyl (C=O) groups excluding carboxylic acids is 1. The lowest BCUT2D eigenvalue weighted by Gasteiger charge is -2.00. The van der Waals surface area contributed by atoms with Gasteiger partial charge in [-0.15, -0.1) is 0 Å². The number of nitrogens with zero attached hydrogens (tertiary/aromatic N) is 1. The average molecular weight is 419 g/mol. The molecule has 0 fully saturated rings. The third kappa shape index (κ3) is 3.78. The molecule has 2 heterocycles. The second-order valence-corrected chi connectivity index (χ2v) is 6.95. The number of ether oxygens (including phenoxy) is 1. The minimum absolute atomic E-state index is 0.142. The quantitative estimate of drug-likeness (QED) is 0.373. The number of hydrogen-bond acceptors (Lipinski definition) is 4. The second-order valence-electron chi connectivity index (χ2n) is 5.67. The lowest BCUT2D eigenvalue weighted by atomic mass is 10.2. The molecule has 1 aliphatic rings. The van der Waals surface area contributed by atoms with Crippen LogP contribution in [0.5, 0.6) is 0 Å². The molecular formula is C20H10Cl3NO3. The zero-order valence-corrected chi connectivity index (χ0v) is 15.8. The summed E-state index contributed by atoms with van der Waals surface area (Å²) in [6.07, 6.45) is 1.51. The van der Waals surface area contributed by atoms with Gasteiger partial charge in [-0.1, -0.05) is 34.8 Å². The summed E-state index contributed by atoms with van der Waals surface area (Å²) < 4.78 is 11.0. The highest BCUT2D eigenvalue weighted by atomic mass is 35.5. The molecule has 0 unspecified atom stereocenters. The summed E-state index contributed by atoms with van der Waals surface area (Å²) in [4.78, 5) is 16.3. The lowest BCUT2D eigenvalue weighted by molar-refractivity contribution is -0.129. The SMILES string of the molecule is O=C1OC(c2ccc(Cl)cc2)=NC1=Cc1ccc(-c2ccc(Cl)cc2Cl)o1. The van der Waals surface area contributed by atoms with Crippen LogP contribution in [-0.2, 0) is 9.53 Å². The zero-order chi connectivity index (χ0) is 19.0. The Morgan fingerprint density at radius 2 is 1.63 bits per heavy atom. The smallest absolute Gasteiger partial charge is 0.363 e. The van der Waals surface area contributed by atoms with Gasteiger partial charge in [-0.05, 0) is 54.6 Å². The summed E-state index contributed by atoms with van der Waals surface area (Å²) in [6.45, 7) is 0. The van der Waals surface area contributed by atoms with E-state index in [1.165, 1.54) is 6.08 Å². The molecule has 134 valence electrons. The van der Waals surface area contributed by atoms with Gasteiger partial charge in [0.25, 0.3) is 0 Å². The Morgan fingerprint density at radius 1 is 0.889 bits per heavy atom. The maximum absolute atomic E-state index is 12.1. The van der Waals surface area contributed by atoms with Crippen molar-refractivity contribution in [1.82, 2.24) is 0 Å². The molecule has 0 atom stereocenters. The van der Waals surface area contributed by atoms with Gasteiger partial charge >= 0.3 is 5.97 Å². The fourth-order valence-electron chi connectivity index (χ4n) is 2.52. The molecule has 0 radical (unpaired) electrons. The lowest BCUT2D eigenvalue weighted by Crippen LogP contribution is -2.05. The first kappa shape index (κ1) is 17.9. The molecule has 4 nitrogen and oxygen atoms in total. The molecule has 0 bridgehead atoms. The third-order valence-electron chi connectivity index (χ3n) is 3.81. The molecule has 7 heteroatoms. The van der Waals surface area contributed by atoms with Gasteiger partial charge in [0.1, 0.15) is 11.5 Å². The maximum Gasteiger partial charge on any atom is 0.363 e. The first-order valence-corrected chi connectivity index (χ1v) is 8.97. The highest BCUT2D eigenvalue weighted by Gasteiger charge is 2.24. The summed E-state index contributed by atoms with van der Waals surface area (Å²) in [6, 6.07) is 15.4. The number of halogens is 3. The molecule has 1 aliphatic heterocycles. The number of esters is 1. The van der Waals surface area contributed by atoms with Crippen LogP contribution in [0.3, 0.4) is 0 Å². The molecule has 0 N–H and O–H groups in total. The summed E-state index contributed by atoms with van der Waals surface area (Å²) in [5.41, 5.74) is 1.50. The Balaban J connectivity index is 1.63. The van der Waals surface area contributed by atoms with E-state index in [1.807, 2.05) is 0 Å². The summed E-state index contributed by atoms with van der Waals surface area (Å²) in [5.74, 6) is 0.665. The van der Waals surface area contributed by atoms with E-state index in [0.717, 1.165) is 0 Å². The molecule has 0 aliphatic carbocycles. The van der Waals surface area contributed by atoms with Gasteiger partial charge in [0, 0.05) is 27.2 Å². The van der Waals surface area contributed by atoms with Crippen LogP contribution < -0.4 is 0 Å². The van der Waals surface area contributed by atoms with E-state index in [9.17, 15) is 4.79 Å². The Kier molecular flexibility index (Phi) is 4.79. The van der Waals surface area contributed by atoms with Crippen LogP contribution in [0.15, 0.2) is 69.7 Å². The Bertz CT molecular complexity index is 1100. The second kappa shape index (κ2) is 7.24. The molecule has 1 aromatic heterocycles. The first-order chi connectivity index (χ1) is 13.0. The number of benzene rings is 2. The molecule has 0 saturated carbocycles. The molecule has 27 heavy (non-hydrogen) atoms. The minimum Gasteiger partial charge on any atom is -0.457 e. The van der Waals surface area contributed by atoms with Crippen molar-refractivity contribution in [2.24, 2.45) is 4.99 Å². The van der Waals surface area contributed by atoms with Crippen molar-refractivity contribution < 1.29 is 13.9 Å². The summed E-state index contributed by atoms with van der Waals surface area (Å²) in [7, 11) is 0. The van der Waals surface area contributed by atoms with Gasteiger partial charge in [0.15, 0.2) is 5.70 Å². The molecule has 0 saturated heterocycles. The standard InChI is InChI=1S/C20H10Cl3NO3/c21-12-3-1-11(2-4-12)19-24-17(20(25)27-19)10-14-6-8-18(26-14)15-7-5-13(22)9-16(15)23/h1-10H. The van der Waals surface area contributed by atoms with Crippen molar-refractivity contribution in [3.63, 3.8) is 0 Å². The van der Waals surface area contributed by atoms with E-state index >= 15 is 0 Å². The van der Waals surface area contributed by atoms with Crippen LogP contribution in [0.25, 0.3) is 17.4 Å². The molecule has 0 spiro atoms. The Hall–Kier alpha value is -2.53. The molecule has 3 aromatic rings. The van der Waals surface area contributed by atoms with Crippen molar-refractivity contribution in [1.29, 1.82) is 0 Å². The van der Waals surface area contributed by atoms with Crippen LogP contribution in [0, 0.1) is 0 Å². The highest BCUT2D eigenvalue weighted by molar-refractivity contribution is 6.36.